The fourth-order valence-electron chi connectivity index (χ4n) is 6.67. The van der Waals surface area contributed by atoms with Crippen LogP contribution in [0.25, 0.3) is 0 Å². The Hall–Kier alpha value is -2.09. The molecule has 172 valence electrons. The van der Waals surface area contributed by atoms with Crippen LogP contribution in [0.15, 0.2) is 74.4 Å². The van der Waals surface area contributed by atoms with E-state index >= 15 is 0 Å². The number of hydrogen-bond acceptors (Lipinski definition) is 2. The van der Waals surface area contributed by atoms with Gasteiger partial charge >= 0.3 is 5.97 Å². The van der Waals surface area contributed by atoms with Gasteiger partial charge in [0.25, 0.3) is 0 Å². The Morgan fingerprint density at radius 3 is 1.78 bits per heavy atom. The molecule has 32 heavy (non-hydrogen) atoms. The van der Waals surface area contributed by atoms with Crippen LogP contribution in [0.1, 0.15) is 51.4 Å². The summed E-state index contributed by atoms with van der Waals surface area (Å²) >= 11 is 0. The van der Waals surface area contributed by atoms with Crippen molar-refractivity contribution in [2.45, 2.75) is 57.5 Å². The molecule has 2 heteroatoms. The van der Waals surface area contributed by atoms with Gasteiger partial charge in [0.05, 0.1) is 6.42 Å². The SMILES string of the molecule is C=CC1CC2C=CC1C2.C=CCC(=O)OC1CC2C=CC1C2.C=CCC1CC2C=CC1C2. The summed E-state index contributed by atoms with van der Waals surface area (Å²) in [5, 5.41) is 0. The molecule has 2 nitrogen and oxygen atoms in total. The van der Waals surface area contributed by atoms with E-state index < -0.39 is 0 Å². The first-order valence-corrected chi connectivity index (χ1v) is 12.7. The van der Waals surface area contributed by atoms with Crippen LogP contribution in [-0.2, 0) is 9.53 Å². The number of fused-ring (bicyclic) bond motifs is 6. The maximum absolute atomic E-state index is 11.2. The van der Waals surface area contributed by atoms with Crippen molar-refractivity contribution in [3.63, 3.8) is 0 Å². The summed E-state index contributed by atoms with van der Waals surface area (Å²) in [6.07, 6.45) is 29.2. The van der Waals surface area contributed by atoms with Crippen molar-refractivity contribution < 1.29 is 9.53 Å². The minimum Gasteiger partial charge on any atom is -0.461 e. The van der Waals surface area contributed by atoms with Gasteiger partial charge in [0, 0.05) is 5.92 Å². The highest BCUT2D eigenvalue weighted by Crippen LogP contribution is 2.45. The second kappa shape index (κ2) is 10.7. The van der Waals surface area contributed by atoms with Gasteiger partial charge in [0.15, 0.2) is 0 Å². The molecule has 9 unspecified atom stereocenters. The molecule has 0 heterocycles. The van der Waals surface area contributed by atoms with E-state index in [1.165, 1.54) is 38.5 Å². The molecular weight excluding hydrogens is 392 g/mol. The highest BCUT2D eigenvalue weighted by atomic mass is 16.5. The Bertz CT molecular complexity index is 787. The molecule has 6 rings (SSSR count). The van der Waals surface area contributed by atoms with Crippen LogP contribution in [0.3, 0.4) is 0 Å². The van der Waals surface area contributed by atoms with Gasteiger partial charge in [0.1, 0.15) is 6.10 Å². The van der Waals surface area contributed by atoms with Crippen molar-refractivity contribution in [3.05, 3.63) is 74.4 Å². The quantitative estimate of drug-likeness (QED) is 0.327. The molecule has 0 saturated heterocycles. The molecule has 0 aromatic carbocycles. The number of rotatable bonds is 6. The van der Waals surface area contributed by atoms with E-state index in [4.69, 9.17) is 4.74 Å². The van der Waals surface area contributed by atoms with E-state index in [0.717, 1.165) is 41.9 Å². The van der Waals surface area contributed by atoms with Crippen molar-refractivity contribution in [1.29, 1.82) is 0 Å². The normalized spacial score (nSPS) is 40.4. The number of allylic oxidation sites excluding steroid dienone is 7. The fourth-order valence-corrected chi connectivity index (χ4v) is 6.67. The zero-order chi connectivity index (χ0) is 22.5. The van der Waals surface area contributed by atoms with Gasteiger partial charge in [0.2, 0.25) is 0 Å². The third kappa shape index (κ3) is 5.45. The summed E-state index contributed by atoms with van der Waals surface area (Å²) in [6, 6.07) is 0. The lowest BCUT2D eigenvalue weighted by Crippen LogP contribution is -2.21. The van der Waals surface area contributed by atoms with E-state index in [-0.39, 0.29) is 12.1 Å². The zero-order valence-electron chi connectivity index (χ0n) is 19.5. The van der Waals surface area contributed by atoms with Gasteiger partial charge in [-0.1, -0.05) is 54.7 Å². The predicted molar refractivity (Wildman–Crippen MR) is 133 cm³/mol. The molecule has 3 fully saturated rings. The molecule has 0 N–H and O–H groups in total. The number of carbonyl (C=O) groups excluding carboxylic acids is 1. The number of esters is 1. The van der Waals surface area contributed by atoms with Gasteiger partial charge in [-0.15, -0.1) is 19.7 Å². The fraction of sp³-hybridized carbons (Fsp3) is 0.567. The van der Waals surface area contributed by atoms with Crippen molar-refractivity contribution in [2.24, 2.45) is 47.3 Å². The van der Waals surface area contributed by atoms with E-state index in [9.17, 15) is 4.79 Å². The van der Waals surface area contributed by atoms with Crippen LogP contribution in [-0.4, -0.2) is 12.1 Å². The monoisotopic (exact) mass is 432 g/mol. The Morgan fingerprint density at radius 2 is 1.38 bits per heavy atom. The highest BCUT2D eigenvalue weighted by Gasteiger charge is 2.38. The van der Waals surface area contributed by atoms with Gasteiger partial charge < -0.3 is 4.74 Å². The molecular formula is C30H40O2. The van der Waals surface area contributed by atoms with Crippen LogP contribution in [0.4, 0.5) is 0 Å². The lowest BCUT2D eigenvalue weighted by atomic mass is 9.91. The molecule has 9 atom stereocenters. The second-order valence-electron chi connectivity index (χ2n) is 10.5. The predicted octanol–water partition coefficient (Wildman–Crippen LogP) is 7.23. The summed E-state index contributed by atoms with van der Waals surface area (Å²) in [5.41, 5.74) is 0. The summed E-state index contributed by atoms with van der Waals surface area (Å²) in [4.78, 5) is 11.2. The molecule has 0 spiro atoms. The van der Waals surface area contributed by atoms with Crippen LogP contribution < -0.4 is 0 Å². The van der Waals surface area contributed by atoms with Gasteiger partial charge in [-0.05, 0) is 86.4 Å². The maximum Gasteiger partial charge on any atom is 0.309 e. The van der Waals surface area contributed by atoms with Crippen molar-refractivity contribution in [1.82, 2.24) is 0 Å². The summed E-state index contributed by atoms with van der Waals surface area (Å²) in [5.74, 6) is 6.34. The molecule has 0 radical (unpaired) electrons. The number of hydrogen-bond donors (Lipinski definition) is 0. The minimum absolute atomic E-state index is 0.138. The Balaban J connectivity index is 0.000000117. The molecule has 0 aromatic rings. The minimum atomic E-state index is -0.138. The molecule has 3 saturated carbocycles. The summed E-state index contributed by atoms with van der Waals surface area (Å²) in [7, 11) is 0. The third-order valence-electron chi connectivity index (χ3n) is 8.33. The van der Waals surface area contributed by atoms with Crippen LogP contribution >= 0.6 is 0 Å². The number of ether oxygens (including phenoxy) is 1. The Kier molecular flexibility index (Phi) is 7.71. The second-order valence-corrected chi connectivity index (χ2v) is 10.5. The zero-order valence-corrected chi connectivity index (χ0v) is 19.5. The molecule has 6 aliphatic carbocycles. The summed E-state index contributed by atoms with van der Waals surface area (Å²) < 4.78 is 5.32. The van der Waals surface area contributed by atoms with Crippen molar-refractivity contribution in [2.75, 3.05) is 0 Å². The van der Waals surface area contributed by atoms with E-state index in [2.05, 4.69) is 68.3 Å². The van der Waals surface area contributed by atoms with Crippen LogP contribution in [0, 0.1) is 47.3 Å². The van der Waals surface area contributed by atoms with Crippen molar-refractivity contribution >= 4 is 5.97 Å². The average Bonchev–Trinajstić information content (AvgIpc) is 3.63. The molecule has 0 amide bonds. The van der Waals surface area contributed by atoms with E-state index in [0.29, 0.717) is 18.3 Å². The smallest absolute Gasteiger partial charge is 0.309 e. The average molecular weight is 433 g/mol. The molecule has 6 aliphatic rings. The lowest BCUT2D eigenvalue weighted by Gasteiger charge is -2.18. The third-order valence-corrected chi connectivity index (χ3v) is 8.33. The Morgan fingerprint density at radius 1 is 0.750 bits per heavy atom. The molecule has 0 aliphatic heterocycles. The first kappa shape index (κ1) is 23.1. The standard InChI is InChI=1S/C11H14O2.C10H14.C9H12/c1-2-3-11(12)13-10-7-8-4-5-9(10)6-8;1-2-3-9-6-8-4-5-10(9)7-8;1-2-8-5-7-3-4-9(8)6-7/h2,4-5,8-10H,1,3,6-7H2;2,4-5,8-10H,1,3,6-7H2;2-4,7-9H,1,5-6H2. The highest BCUT2D eigenvalue weighted by molar-refractivity contribution is 5.71. The number of carbonyl (C=O) groups is 1. The molecule has 6 bridgehead atoms. The maximum atomic E-state index is 11.2. The van der Waals surface area contributed by atoms with Gasteiger partial charge in [-0.3, -0.25) is 4.79 Å². The first-order valence-electron chi connectivity index (χ1n) is 12.7. The largest absolute Gasteiger partial charge is 0.461 e. The topological polar surface area (TPSA) is 26.3 Å². The Labute approximate surface area is 194 Å². The van der Waals surface area contributed by atoms with Crippen LogP contribution in [0.2, 0.25) is 0 Å². The van der Waals surface area contributed by atoms with E-state index in [1.807, 2.05) is 0 Å². The van der Waals surface area contributed by atoms with Crippen molar-refractivity contribution in [3.8, 4) is 0 Å². The van der Waals surface area contributed by atoms with Crippen LogP contribution in [0.5, 0.6) is 0 Å². The van der Waals surface area contributed by atoms with Gasteiger partial charge in [-0.25, -0.2) is 0 Å². The van der Waals surface area contributed by atoms with E-state index in [1.54, 1.807) is 6.08 Å². The first-order chi connectivity index (χ1) is 15.6. The van der Waals surface area contributed by atoms with Gasteiger partial charge in [-0.2, -0.15) is 0 Å². The lowest BCUT2D eigenvalue weighted by molar-refractivity contribution is -0.149. The summed E-state index contributed by atoms with van der Waals surface area (Å²) in [6.45, 7) is 11.1. The molecule has 0 aromatic heterocycles.